The Morgan fingerprint density at radius 3 is 2.86 bits per heavy atom. The fourth-order valence-electron chi connectivity index (χ4n) is 1.92. The maximum atomic E-state index is 5.68. The number of rotatable bonds is 6. The molecule has 0 fully saturated rings. The number of hydrogen-bond donors (Lipinski definition) is 0. The summed E-state index contributed by atoms with van der Waals surface area (Å²) in [5.74, 6) is 2.54. The molecular weight excluding hydrogens is 302 g/mol. The minimum absolute atomic E-state index is 0.445. The van der Waals surface area contributed by atoms with Crippen molar-refractivity contribution in [1.82, 2.24) is 15.4 Å². The average Bonchev–Trinajstić information content (AvgIpc) is 3.15. The minimum Gasteiger partial charge on any atom is -0.493 e. The van der Waals surface area contributed by atoms with Crippen molar-refractivity contribution < 1.29 is 13.7 Å². The summed E-state index contributed by atoms with van der Waals surface area (Å²) < 4.78 is 16.4. The second-order valence-corrected chi connectivity index (χ2v) is 5.45. The lowest BCUT2D eigenvalue weighted by Gasteiger charge is -2.05. The summed E-state index contributed by atoms with van der Waals surface area (Å²) in [4.78, 5) is 0. The van der Waals surface area contributed by atoms with Crippen molar-refractivity contribution >= 4 is 11.8 Å². The summed E-state index contributed by atoms with van der Waals surface area (Å²) in [6.07, 6.45) is 0. The Kier molecular flexibility index (Phi) is 4.43. The Balaban J connectivity index is 1.73. The maximum absolute atomic E-state index is 5.68. The van der Waals surface area contributed by atoms with E-state index in [-0.39, 0.29) is 0 Å². The van der Waals surface area contributed by atoms with Gasteiger partial charge in [0.15, 0.2) is 0 Å². The Bertz CT molecular complexity index is 754. The first-order valence-electron chi connectivity index (χ1n) is 6.87. The zero-order valence-corrected chi connectivity index (χ0v) is 13.1. The molecule has 7 heteroatoms. The van der Waals surface area contributed by atoms with E-state index in [0.717, 1.165) is 22.8 Å². The maximum Gasteiger partial charge on any atom is 0.277 e. The summed E-state index contributed by atoms with van der Waals surface area (Å²) >= 11 is 1.41. The van der Waals surface area contributed by atoms with Crippen LogP contribution in [0.2, 0.25) is 0 Å². The molecule has 0 saturated heterocycles. The molecule has 0 aliphatic heterocycles. The van der Waals surface area contributed by atoms with Gasteiger partial charge in [-0.2, -0.15) is 0 Å². The topological polar surface area (TPSA) is 74.2 Å². The quantitative estimate of drug-likeness (QED) is 0.641. The standard InChI is InChI=1S/C15H15N3O3S/c1-3-19-13-7-5-4-6-12(13)14-16-17-15(20-14)22-9-11-8-10(2)18-21-11/h4-8H,3,9H2,1-2H3. The van der Waals surface area contributed by atoms with Gasteiger partial charge in [-0.05, 0) is 26.0 Å². The molecule has 2 aromatic heterocycles. The van der Waals surface area contributed by atoms with Gasteiger partial charge in [-0.25, -0.2) is 0 Å². The fourth-order valence-corrected chi connectivity index (χ4v) is 2.56. The molecular formula is C15H15N3O3S. The van der Waals surface area contributed by atoms with Crippen molar-refractivity contribution in [2.24, 2.45) is 0 Å². The lowest BCUT2D eigenvalue weighted by atomic mass is 10.2. The van der Waals surface area contributed by atoms with Crippen molar-refractivity contribution in [1.29, 1.82) is 0 Å². The van der Waals surface area contributed by atoms with E-state index in [2.05, 4.69) is 15.4 Å². The molecule has 3 rings (SSSR count). The van der Waals surface area contributed by atoms with Crippen molar-refractivity contribution in [3.05, 3.63) is 41.8 Å². The number of para-hydroxylation sites is 1. The zero-order valence-electron chi connectivity index (χ0n) is 12.3. The van der Waals surface area contributed by atoms with E-state index < -0.39 is 0 Å². The van der Waals surface area contributed by atoms with E-state index in [1.54, 1.807) is 0 Å². The van der Waals surface area contributed by atoms with Crippen LogP contribution in [0.5, 0.6) is 5.75 Å². The Morgan fingerprint density at radius 1 is 1.23 bits per heavy atom. The van der Waals surface area contributed by atoms with Gasteiger partial charge in [-0.1, -0.05) is 29.1 Å². The monoisotopic (exact) mass is 317 g/mol. The molecule has 0 spiro atoms. The predicted molar refractivity (Wildman–Crippen MR) is 81.7 cm³/mol. The number of aromatic nitrogens is 3. The molecule has 2 heterocycles. The van der Waals surface area contributed by atoms with E-state index in [0.29, 0.717) is 23.5 Å². The van der Waals surface area contributed by atoms with E-state index in [1.807, 2.05) is 44.2 Å². The Labute approximate surface area is 131 Å². The third-order valence-electron chi connectivity index (χ3n) is 2.84. The lowest BCUT2D eigenvalue weighted by molar-refractivity contribution is 0.340. The molecule has 0 aliphatic carbocycles. The van der Waals surface area contributed by atoms with Crippen LogP contribution < -0.4 is 4.74 Å². The molecule has 114 valence electrons. The van der Waals surface area contributed by atoms with Crippen LogP contribution in [-0.4, -0.2) is 22.0 Å². The van der Waals surface area contributed by atoms with Crippen LogP contribution in [0.25, 0.3) is 11.5 Å². The molecule has 0 aliphatic rings. The molecule has 22 heavy (non-hydrogen) atoms. The zero-order chi connectivity index (χ0) is 15.4. The third-order valence-corrected chi connectivity index (χ3v) is 3.68. The summed E-state index contributed by atoms with van der Waals surface area (Å²) in [5, 5.41) is 12.5. The number of aryl methyl sites for hydroxylation is 1. The van der Waals surface area contributed by atoms with E-state index in [4.69, 9.17) is 13.7 Å². The van der Waals surface area contributed by atoms with Gasteiger partial charge < -0.3 is 13.7 Å². The normalized spacial score (nSPS) is 10.8. The summed E-state index contributed by atoms with van der Waals surface area (Å²) in [5.41, 5.74) is 1.65. The van der Waals surface area contributed by atoms with Gasteiger partial charge in [0.2, 0.25) is 0 Å². The second kappa shape index (κ2) is 6.65. The number of ether oxygens (including phenoxy) is 1. The van der Waals surface area contributed by atoms with Gasteiger partial charge in [0.25, 0.3) is 11.1 Å². The van der Waals surface area contributed by atoms with Gasteiger partial charge in [-0.3, -0.25) is 0 Å². The fraction of sp³-hybridized carbons (Fsp3) is 0.267. The van der Waals surface area contributed by atoms with Crippen molar-refractivity contribution in [3.63, 3.8) is 0 Å². The highest BCUT2D eigenvalue weighted by Gasteiger charge is 2.14. The molecule has 6 nitrogen and oxygen atoms in total. The first-order valence-corrected chi connectivity index (χ1v) is 7.85. The summed E-state index contributed by atoms with van der Waals surface area (Å²) in [7, 11) is 0. The summed E-state index contributed by atoms with van der Waals surface area (Å²) in [6, 6.07) is 9.48. The predicted octanol–water partition coefficient (Wildman–Crippen LogP) is 3.72. The first kappa shape index (κ1) is 14.6. The van der Waals surface area contributed by atoms with Crippen LogP contribution in [0.1, 0.15) is 18.4 Å². The van der Waals surface area contributed by atoms with Crippen molar-refractivity contribution in [2.75, 3.05) is 6.61 Å². The van der Waals surface area contributed by atoms with Crippen LogP contribution in [0.3, 0.4) is 0 Å². The molecule has 0 radical (unpaired) electrons. The molecule has 1 aromatic carbocycles. The highest BCUT2D eigenvalue weighted by atomic mass is 32.2. The van der Waals surface area contributed by atoms with E-state index >= 15 is 0 Å². The molecule has 0 saturated carbocycles. The van der Waals surface area contributed by atoms with Crippen molar-refractivity contribution in [2.45, 2.75) is 24.8 Å². The number of nitrogens with zero attached hydrogens (tertiary/aromatic N) is 3. The van der Waals surface area contributed by atoms with Crippen LogP contribution in [-0.2, 0) is 5.75 Å². The molecule has 0 bridgehead atoms. The van der Waals surface area contributed by atoms with Crippen LogP contribution in [0.4, 0.5) is 0 Å². The largest absolute Gasteiger partial charge is 0.493 e. The second-order valence-electron chi connectivity index (χ2n) is 4.53. The Hall–Kier alpha value is -2.28. The van der Waals surface area contributed by atoms with Crippen LogP contribution >= 0.6 is 11.8 Å². The Morgan fingerprint density at radius 2 is 2.09 bits per heavy atom. The number of benzene rings is 1. The van der Waals surface area contributed by atoms with Gasteiger partial charge in [-0.15, -0.1) is 10.2 Å². The van der Waals surface area contributed by atoms with E-state index in [9.17, 15) is 0 Å². The van der Waals surface area contributed by atoms with Gasteiger partial charge >= 0.3 is 0 Å². The van der Waals surface area contributed by atoms with Crippen molar-refractivity contribution in [3.8, 4) is 17.2 Å². The smallest absolute Gasteiger partial charge is 0.277 e. The van der Waals surface area contributed by atoms with Crippen LogP contribution in [0.15, 0.2) is 44.5 Å². The van der Waals surface area contributed by atoms with Gasteiger partial charge in [0, 0.05) is 6.07 Å². The molecule has 0 unspecified atom stereocenters. The van der Waals surface area contributed by atoms with Crippen LogP contribution in [0, 0.1) is 6.92 Å². The molecule has 3 aromatic rings. The number of thioether (sulfide) groups is 1. The number of hydrogen-bond acceptors (Lipinski definition) is 7. The molecule has 0 atom stereocenters. The first-order chi connectivity index (χ1) is 10.8. The molecule has 0 amide bonds. The SMILES string of the molecule is CCOc1ccccc1-c1nnc(SCc2cc(C)no2)o1. The highest BCUT2D eigenvalue weighted by Crippen LogP contribution is 2.31. The average molecular weight is 317 g/mol. The third kappa shape index (κ3) is 3.30. The highest BCUT2D eigenvalue weighted by molar-refractivity contribution is 7.98. The minimum atomic E-state index is 0.445. The van der Waals surface area contributed by atoms with Gasteiger partial charge in [0.1, 0.15) is 11.5 Å². The lowest BCUT2D eigenvalue weighted by Crippen LogP contribution is -1.93. The molecule has 0 N–H and O–H groups in total. The van der Waals surface area contributed by atoms with E-state index in [1.165, 1.54) is 11.8 Å². The summed E-state index contributed by atoms with van der Waals surface area (Å²) in [6.45, 7) is 4.40. The van der Waals surface area contributed by atoms with Gasteiger partial charge in [0.05, 0.1) is 23.6 Å².